The van der Waals surface area contributed by atoms with Crippen molar-refractivity contribution < 1.29 is 14.6 Å². The van der Waals surface area contributed by atoms with Crippen molar-refractivity contribution in [1.82, 2.24) is 5.32 Å². The highest BCUT2D eigenvalue weighted by Crippen LogP contribution is 2.19. The fourth-order valence-corrected chi connectivity index (χ4v) is 2.11. The third kappa shape index (κ3) is 5.58. The minimum absolute atomic E-state index is 0.194. The summed E-state index contributed by atoms with van der Waals surface area (Å²) in [6, 6.07) is 17.9. The maximum atomic E-state index is 10.5. The summed E-state index contributed by atoms with van der Waals surface area (Å²) in [6.07, 6.45) is 0.821. The van der Waals surface area contributed by atoms with Crippen molar-refractivity contribution in [2.24, 2.45) is 0 Å². The number of carboxylic acids is 1. The van der Waals surface area contributed by atoms with Crippen molar-refractivity contribution in [3.8, 4) is 5.75 Å². The number of benzene rings is 2. The fourth-order valence-electron chi connectivity index (χ4n) is 2.11. The summed E-state index contributed by atoms with van der Waals surface area (Å²) in [5.74, 6) is 0.102. The fraction of sp³-hybridized carbons (Fsp3) is 0.278. The van der Waals surface area contributed by atoms with Gasteiger partial charge in [0.2, 0.25) is 0 Å². The van der Waals surface area contributed by atoms with E-state index in [1.807, 2.05) is 54.6 Å². The lowest BCUT2D eigenvalue weighted by Crippen LogP contribution is -2.16. The summed E-state index contributed by atoms with van der Waals surface area (Å²) in [7, 11) is 0. The van der Waals surface area contributed by atoms with Crippen LogP contribution < -0.4 is 10.1 Å². The SMILES string of the molecule is O=C(O)CCCNCc1ccccc1OCc1ccccc1. The van der Waals surface area contributed by atoms with Crippen LogP contribution in [0.5, 0.6) is 5.75 Å². The molecule has 0 aliphatic rings. The summed E-state index contributed by atoms with van der Waals surface area (Å²) in [6.45, 7) is 1.89. The third-order valence-corrected chi connectivity index (χ3v) is 3.27. The molecule has 0 unspecified atom stereocenters. The maximum absolute atomic E-state index is 10.5. The number of para-hydroxylation sites is 1. The first kappa shape index (κ1) is 16.0. The molecular formula is C18H21NO3. The Balaban J connectivity index is 1.83. The van der Waals surface area contributed by atoms with E-state index in [9.17, 15) is 4.79 Å². The molecule has 2 aromatic rings. The van der Waals surface area contributed by atoms with E-state index in [1.165, 1.54) is 0 Å². The van der Waals surface area contributed by atoms with E-state index < -0.39 is 5.97 Å². The second kappa shape index (κ2) is 8.85. The van der Waals surface area contributed by atoms with E-state index in [1.54, 1.807) is 0 Å². The molecule has 0 aliphatic heterocycles. The lowest BCUT2D eigenvalue weighted by molar-refractivity contribution is -0.137. The van der Waals surface area contributed by atoms with Crippen LogP contribution in [0.2, 0.25) is 0 Å². The number of aliphatic carboxylic acids is 1. The molecule has 0 saturated carbocycles. The van der Waals surface area contributed by atoms with Crippen molar-refractivity contribution >= 4 is 5.97 Å². The zero-order chi connectivity index (χ0) is 15.6. The van der Waals surface area contributed by atoms with Gasteiger partial charge in [0, 0.05) is 18.5 Å². The molecule has 4 heteroatoms. The van der Waals surface area contributed by atoms with Gasteiger partial charge in [-0.05, 0) is 24.6 Å². The minimum atomic E-state index is -0.756. The highest BCUT2D eigenvalue weighted by atomic mass is 16.5. The summed E-state index contributed by atoms with van der Waals surface area (Å²) in [4.78, 5) is 10.5. The number of nitrogens with one attached hydrogen (secondary N) is 1. The van der Waals surface area contributed by atoms with Gasteiger partial charge in [-0.3, -0.25) is 4.79 Å². The Hall–Kier alpha value is -2.33. The first-order chi connectivity index (χ1) is 10.8. The quantitative estimate of drug-likeness (QED) is 0.698. The Morgan fingerprint density at radius 2 is 1.77 bits per heavy atom. The van der Waals surface area contributed by atoms with E-state index in [2.05, 4.69) is 5.32 Å². The Labute approximate surface area is 130 Å². The molecule has 0 amide bonds. The zero-order valence-corrected chi connectivity index (χ0v) is 12.5. The molecule has 2 rings (SSSR count). The van der Waals surface area contributed by atoms with Gasteiger partial charge >= 0.3 is 5.97 Å². The molecule has 2 N–H and O–H groups in total. The van der Waals surface area contributed by atoms with Crippen LogP contribution in [0.3, 0.4) is 0 Å². The summed E-state index contributed by atoms with van der Waals surface area (Å²) in [5.41, 5.74) is 2.21. The summed E-state index contributed by atoms with van der Waals surface area (Å²) < 4.78 is 5.88. The molecule has 2 aromatic carbocycles. The van der Waals surface area contributed by atoms with Crippen LogP contribution in [0, 0.1) is 0 Å². The minimum Gasteiger partial charge on any atom is -0.489 e. The van der Waals surface area contributed by atoms with Gasteiger partial charge in [-0.1, -0.05) is 48.5 Å². The van der Waals surface area contributed by atoms with Crippen LogP contribution in [-0.4, -0.2) is 17.6 Å². The van der Waals surface area contributed by atoms with Gasteiger partial charge in [0.05, 0.1) is 0 Å². The van der Waals surface area contributed by atoms with Gasteiger partial charge in [-0.25, -0.2) is 0 Å². The third-order valence-electron chi connectivity index (χ3n) is 3.27. The van der Waals surface area contributed by atoms with Crippen molar-refractivity contribution in [2.45, 2.75) is 26.0 Å². The van der Waals surface area contributed by atoms with E-state index in [0.717, 1.165) is 16.9 Å². The predicted octanol–water partition coefficient (Wildman–Crippen LogP) is 3.22. The molecule has 0 fully saturated rings. The Bertz CT molecular complexity index is 584. The molecule has 0 spiro atoms. The second-order valence-corrected chi connectivity index (χ2v) is 5.06. The van der Waals surface area contributed by atoms with Gasteiger partial charge in [0.25, 0.3) is 0 Å². The Morgan fingerprint density at radius 1 is 1.05 bits per heavy atom. The Kier molecular flexibility index (Phi) is 6.45. The van der Waals surface area contributed by atoms with Crippen molar-refractivity contribution in [1.29, 1.82) is 0 Å². The normalized spacial score (nSPS) is 10.4. The van der Waals surface area contributed by atoms with Gasteiger partial charge in [-0.15, -0.1) is 0 Å². The molecule has 0 radical (unpaired) electrons. The zero-order valence-electron chi connectivity index (χ0n) is 12.5. The van der Waals surface area contributed by atoms with Crippen molar-refractivity contribution in [2.75, 3.05) is 6.54 Å². The van der Waals surface area contributed by atoms with Gasteiger partial charge in [0.15, 0.2) is 0 Å². The highest BCUT2D eigenvalue weighted by Gasteiger charge is 2.03. The first-order valence-corrected chi connectivity index (χ1v) is 7.43. The summed E-state index contributed by atoms with van der Waals surface area (Å²) >= 11 is 0. The largest absolute Gasteiger partial charge is 0.489 e. The van der Waals surface area contributed by atoms with Gasteiger partial charge < -0.3 is 15.2 Å². The molecule has 0 atom stereocenters. The molecular weight excluding hydrogens is 278 g/mol. The van der Waals surface area contributed by atoms with Crippen LogP contribution in [-0.2, 0) is 17.9 Å². The number of carboxylic acid groups (broad SMARTS) is 1. The van der Waals surface area contributed by atoms with Crippen molar-refractivity contribution in [3.05, 3.63) is 65.7 Å². The summed E-state index contributed by atoms with van der Waals surface area (Å²) in [5, 5.41) is 11.9. The van der Waals surface area contributed by atoms with Crippen LogP contribution in [0.25, 0.3) is 0 Å². The van der Waals surface area contributed by atoms with E-state index in [4.69, 9.17) is 9.84 Å². The number of rotatable bonds is 9. The van der Waals surface area contributed by atoms with E-state index >= 15 is 0 Å². The molecule has 4 nitrogen and oxygen atoms in total. The molecule has 0 bridgehead atoms. The lowest BCUT2D eigenvalue weighted by atomic mass is 10.2. The van der Waals surface area contributed by atoms with Crippen LogP contribution in [0.15, 0.2) is 54.6 Å². The smallest absolute Gasteiger partial charge is 0.303 e. The standard InChI is InChI=1S/C18H21NO3/c20-18(21)11-6-12-19-13-16-9-4-5-10-17(16)22-14-15-7-2-1-3-8-15/h1-5,7-10,19H,6,11-14H2,(H,20,21). The molecule has 116 valence electrons. The van der Waals surface area contributed by atoms with Crippen LogP contribution in [0.1, 0.15) is 24.0 Å². The topological polar surface area (TPSA) is 58.6 Å². The molecule has 0 heterocycles. The second-order valence-electron chi connectivity index (χ2n) is 5.06. The maximum Gasteiger partial charge on any atom is 0.303 e. The monoisotopic (exact) mass is 299 g/mol. The first-order valence-electron chi connectivity index (χ1n) is 7.43. The van der Waals surface area contributed by atoms with E-state index in [0.29, 0.717) is 26.1 Å². The van der Waals surface area contributed by atoms with Gasteiger partial charge in [-0.2, -0.15) is 0 Å². The number of hydrogen-bond acceptors (Lipinski definition) is 3. The van der Waals surface area contributed by atoms with Crippen LogP contribution >= 0.6 is 0 Å². The molecule has 0 aromatic heterocycles. The predicted molar refractivity (Wildman–Crippen MR) is 85.8 cm³/mol. The number of hydrogen-bond donors (Lipinski definition) is 2. The average molecular weight is 299 g/mol. The molecule has 0 aliphatic carbocycles. The van der Waals surface area contributed by atoms with E-state index in [-0.39, 0.29) is 6.42 Å². The van der Waals surface area contributed by atoms with Gasteiger partial charge in [0.1, 0.15) is 12.4 Å². The lowest BCUT2D eigenvalue weighted by Gasteiger charge is -2.12. The molecule has 22 heavy (non-hydrogen) atoms. The average Bonchev–Trinajstić information content (AvgIpc) is 2.54. The molecule has 0 saturated heterocycles. The van der Waals surface area contributed by atoms with Crippen LogP contribution in [0.4, 0.5) is 0 Å². The number of carbonyl (C=O) groups is 1. The highest BCUT2D eigenvalue weighted by molar-refractivity contribution is 5.66. The van der Waals surface area contributed by atoms with Crippen molar-refractivity contribution in [3.63, 3.8) is 0 Å². The number of ether oxygens (including phenoxy) is 1. The Morgan fingerprint density at radius 3 is 2.55 bits per heavy atom.